The Bertz CT molecular complexity index is 229. The number of hydrogen-bond acceptors (Lipinski definition) is 3. The van der Waals surface area contributed by atoms with Crippen LogP contribution < -0.4 is 5.32 Å². The summed E-state index contributed by atoms with van der Waals surface area (Å²) in [6, 6.07) is 0.430. The molecular formula is C15H32N2O. The molecule has 108 valence electrons. The van der Waals surface area contributed by atoms with Crippen LogP contribution in [0.5, 0.6) is 0 Å². The van der Waals surface area contributed by atoms with Crippen LogP contribution in [0.15, 0.2) is 0 Å². The Kier molecular flexibility index (Phi) is 6.61. The molecule has 3 nitrogen and oxygen atoms in total. The Morgan fingerprint density at radius 3 is 2.50 bits per heavy atom. The molecule has 0 aromatic heterocycles. The Morgan fingerprint density at radius 1 is 1.33 bits per heavy atom. The fraction of sp³-hybridized carbons (Fsp3) is 1.00. The third kappa shape index (κ3) is 6.72. The third-order valence-electron chi connectivity index (χ3n) is 3.77. The molecule has 1 fully saturated rings. The predicted molar refractivity (Wildman–Crippen MR) is 77.8 cm³/mol. The molecule has 0 aromatic carbocycles. The predicted octanol–water partition coefficient (Wildman–Crippen LogP) is 2.25. The summed E-state index contributed by atoms with van der Waals surface area (Å²) < 4.78 is 0. The van der Waals surface area contributed by atoms with Crippen LogP contribution in [0.4, 0.5) is 0 Å². The van der Waals surface area contributed by atoms with Crippen LogP contribution in [0.25, 0.3) is 0 Å². The van der Waals surface area contributed by atoms with Gasteiger partial charge < -0.3 is 15.3 Å². The van der Waals surface area contributed by atoms with Crippen molar-refractivity contribution in [2.24, 2.45) is 5.92 Å². The highest BCUT2D eigenvalue weighted by molar-refractivity contribution is 4.84. The van der Waals surface area contributed by atoms with Gasteiger partial charge in [-0.3, -0.25) is 0 Å². The van der Waals surface area contributed by atoms with E-state index < -0.39 is 0 Å². The van der Waals surface area contributed by atoms with Gasteiger partial charge in [0.05, 0.1) is 6.61 Å². The summed E-state index contributed by atoms with van der Waals surface area (Å²) >= 11 is 0. The highest BCUT2D eigenvalue weighted by Crippen LogP contribution is 2.29. The molecule has 0 heterocycles. The molecule has 2 N–H and O–H groups in total. The van der Waals surface area contributed by atoms with Crippen molar-refractivity contribution >= 4 is 0 Å². The minimum absolute atomic E-state index is 0.108. The Balaban J connectivity index is 2.10. The molecular weight excluding hydrogens is 224 g/mol. The molecule has 1 unspecified atom stereocenters. The van der Waals surface area contributed by atoms with Gasteiger partial charge in [0, 0.05) is 18.1 Å². The molecule has 1 aliphatic carbocycles. The van der Waals surface area contributed by atoms with E-state index in [2.05, 4.69) is 38.0 Å². The van der Waals surface area contributed by atoms with Crippen LogP contribution in [-0.2, 0) is 0 Å². The molecule has 1 rings (SSSR count). The Labute approximate surface area is 113 Å². The van der Waals surface area contributed by atoms with E-state index in [0.717, 1.165) is 12.3 Å². The Hall–Kier alpha value is -0.120. The summed E-state index contributed by atoms with van der Waals surface area (Å²) in [7, 11) is 2.23. The first-order chi connectivity index (χ1) is 8.45. The molecule has 0 aliphatic heterocycles. The lowest BCUT2D eigenvalue weighted by atomic mass is 9.94. The van der Waals surface area contributed by atoms with Gasteiger partial charge >= 0.3 is 0 Å². The molecule has 0 saturated heterocycles. The quantitative estimate of drug-likeness (QED) is 0.589. The van der Waals surface area contributed by atoms with Crippen LogP contribution in [0.2, 0.25) is 0 Å². The van der Waals surface area contributed by atoms with E-state index in [1.54, 1.807) is 0 Å². The largest absolute Gasteiger partial charge is 0.394 e. The fourth-order valence-electron chi connectivity index (χ4n) is 2.62. The van der Waals surface area contributed by atoms with Crippen LogP contribution in [0.3, 0.4) is 0 Å². The molecule has 0 amide bonds. The van der Waals surface area contributed by atoms with Crippen LogP contribution in [0, 0.1) is 5.92 Å². The van der Waals surface area contributed by atoms with Gasteiger partial charge in [0.2, 0.25) is 0 Å². The van der Waals surface area contributed by atoms with E-state index in [1.807, 2.05) is 0 Å². The molecule has 0 aromatic rings. The first-order valence-electron chi connectivity index (χ1n) is 7.52. The number of nitrogens with zero attached hydrogens (tertiary/aromatic N) is 1. The molecule has 1 saturated carbocycles. The monoisotopic (exact) mass is 256 g/mol. The van der Waals surface area contributed by atoms with Crippen molar-refractivity contribution in [1.29, 1.82) is 0 Å². The van der Waals surface area contributed by atoms with Crippen molar-refractivity contribution in [2.45, 2.75) is 64.5 Å². The van der Waals surface area contributed by atoms with Gasteiger partial charge in [0.15, 0.2) is 0 Å². The van der Waals surface area contributed by atoms with Crippen molar-refractivity contribution in [2.75, 3.05) is 26.7 Å². The van der Waals surface area contributed by atoms with E-state index in [4.69, 9.17) is 0 Å². The summed E-state index contributed by atoms with van der Waals surface area (Å²) in [6.45, 7) is 9.10. The SMILES string of the molecule is CC(C)NC(C)(CO)CCCCN(C)CC1CC1. The topological polar surface area (TPSA) is 35.5 Å². The zero-order valence-corrected chi connectivity index (χ0v) is 12.7. The van der Waals surface area contributed by atoms with Gasteiger partial charge in [-0.2, -0.15) is 0 Å². The summed E-state index contributed by atoms with van der Waals surface area (Å²) in [5.41, 5.74) is -0.108. The summed E-state index contributed by atoms with van der Waals surface area (Å²) in [5, 5.41) is 13.0. The third-order valence-corrected chi connectivity index (χ3v) is 3.77. The lowest BCUT2D eigenvalue weighted by molar-refractivity contribution is 0.152. The van der Waals surface area contributed by atoms with Gasteiger partial charge in [-0.05, 0) is 52.1 Å². The smallest absolute Gasteiger partial charge is 0.0610 e. The first-order valence-corrected chi connectivity index (χ1v) is 7.52. The Morgan fingerprint density at radius 2 is 2.00 bits per heavy atom. The van der Waals surface area contributed by atoms with E-state index in [-0.39, 0.29) is 12.1 Å². The molecule has 1 atom stereocenters. The standard InChI is InChI=1S/C15H32N2O/c1-13(2)16-15(3,12-18)9-5-6-10-17(4)11-14-7-8-14/h13-14,16,18H,5-12H2,1-4H3. The normalized spacial score (nSPS) is 19.5. The van der Waals surface area contributed by atoms with Crippen molar-refractivity contribution in [3.8, 4) is 0 Å². The lowest BCUT2D eigenvalue weighted by Gasteiger charge is -2.31. The zero-order chi connectivity index (χ0) is 13.6. The maximum atomic E-state index is 9.50. The molecule has 0 bridgehead atoms. The average Bonchev–Trinajstić information content (AvgIpc) is 3.07. The molecule has 3 heteroatoms. The van der Waals surface area contributed by atoms with Crippen LogP contribution in [0.1, 0.15) is 52.9 Å². The van der Waals surface area contributed by atoms with Gasteiger partial charge in [-0.15, -0.1) is 0 Å². The van der Waals surface area contributed by atoms with E-state index in [9.17, 15) is 5.11 Å². The van der Waals surface area contributed by atoms with Crippen molar-refractivity contribution in [3.63, 3.8) is 0 Å². The molecule has 0 radical (unpaired) electrons. The molecule has 18 heavy (non-hydrogen) atoms. The highest BCUT2D eigenvalue weighted by atomic mass is 16.3. The molecule has 1 aliphatic rings. The van der Waals surface area contributed by atoms with E-state index >= 15 is 0 Å². The number of hydrogen-bond donors (Lipinski definition) is 2. The van der Waals surface area contributed by atoms with E-state index in [0.29, 0.717) is 6.04 Å². The number of unbranched alkanes of at least 4 members (excludes halogenated alkanes) is 1. The van der Waals surface area contributed by atoms with Crippen LogP contribution in [-0.4, -0.2) is 48.3 Å². The maximum Gasteiger partial charge on any atom is 0.0610 e. The lowest BCUT2D eigenvalue weighted by Crippen LogP contribution is -2.49. The summed E-state index contributed by atoms with van der Waals surface area (Å²) in [5.74, 6) is 0.986. The van der Waals surface area contributed by atoms with Gasteiger partial charge in [0.1, 0.15) is 0 Å². The van der Waals surface area contributed by atoms with Crippen molar-refractivity contribution in [3.05, 3.63) is 0 Å². The van der Waals surface area contributed by atoms with Gasteiger partial charge in [0.25, 0.3) is 0 Å². The van der Waals surface area contributed by atoms with E-state index in [1.165, 1.54) is 38.8 Å². The number of rotatable bonds is 10. The highest BCUT2D eigenvalue weighted by Gasteiger charge is 2.24. The second-order valence-electron chi connectivity index (χ2n) is 6.68. The van der Waals surface area contributed by atoms with Crippen LogP contribution >= 0.6 is 0 Å². The van der Waals surface area contributed by atoms with Crippen molar-refractivity contribution in [1.82, 2.24) is 10.2 Å². The fourth-order valence-corrected chi connectivity index (χ4v) is 2.62. The average molecular weight is 256 g/mol. The molecule has 0 spiro atoms. The summed E-state index contributed by atoms with van der Waals surface area (Å²) in [4.78, 5) is 2.46. The van der Waals surface area contributed by atoms with Gasteiger partial charge in [-0.1, -0.05) is 20.3 Å². The number of aliphatic hydroxyl groups excluding tert-OH is 1. The first kappa shape index (κ1) is 15.9. The number of nitrogens with one attached hydrogen (secondary N) is 1. The maximum absolute atomic E-state index is 9.50. The summed E-state index contributed by atoms with van der Waals surface area (Å²) in [6.07, 6.45) is 6.35. The minimum atomic E-state index is -0.108. The second-order valence-corrected chi connectivity index (χ2v) is 6.68. The minimum Gasteiger partial charge on any atom is -0.394 e. The zero-order valence-electron chi connectivity index (χ0n) is 12.7. The van der Waals surface area contributed by atoms with Crippen molar-refractivity contribution < 1.29 is 5.11 Å². The van der Waals surface area contributed by atoms with Gasteiger partial charge in [-0.25, -0.2) is 0 Å². The second kappa shape index (κ2) is 7.46. The number of aliphatic hydroxyl groups is 1.